The molecule has 1 heteroatoms. The van der Waals surface area contributed by atoms with Gasteiger partial charge in [0.25, 0.3) is 0 Å². The lowest BCUT2D eigenvalue weighted by atomic mass is 9.73. The molecule has 0 heterocycles. The molecule has 0 spiro atoms. The predicted molar refractivity (Wildman–Crippen MR) is 64.8 cm³/mol. The van der Waals surface area contributed by atoms with E-state index in [2.05, 4.69) is 27.7 Å². The summed E-state index contributed by atoms with van der Waals surface area (Å²) in [5, 5.41) is 0. The summed E-state index contributed by atoms with van der Waals surface area (Å²) in [5.74, 6) is 1.90. The Labute approximate surface area is 94.6 Å². The van der Waals surface area contributed by atoms with Crippen molar-refractivity contribution < 1.29 is 4.79 Å². The molecule has 1 aliphatic carbocycles. The van der Waals surface area contributed by atoms with Crippen molar-refractivity contribution in [2.75, 3.05) is 0 Å². The zero-order chi connectivity index (χ0) is 11.5. The van der Waals surface area contributed by atoms with Crippen LogP contribution in [0.4, 0.5) is 0 Å². The quantitative estimate of drug-likeness (QED) is 0.679. The van der Waals surface area contributed by atoms with Gasteiger partial charge in [0, 0.05) is 11.8 Å². The number of Topliss-reactive ketones (excluding diaryl/α,β-unsaturated/α-hetero) is 1. The minimum absolute atomic E-state index is 0.100. The van der Waals surface area contributed by atoms with E-state index >= 15 is 0 Å². The zero-order valence-electron chi connectivity index (χ0n) is 10.8. The van der Waals surface area contributed by atoms with Crippen molar-refractivity contribution in [2.24, 2.45) is 17.3 Å². The standard InChI is InChI=1S/C14H26O/c1-5-14(3,4)13(15)10-12-9-7-6-8-11(12)2/h11-12H,5-10H2,1-4H3. The van der Waals surface area contributed by atoms with Gasteiger partial charge in [-0.1, -0.05) is 47.0 Å². The molecule has 15 heavy (non-hydrogen) atoms. The highest BCUT2D eigenvalue weighted by Crippen LogP contribution is 2.35. The van der Waals surface area contributed by atoms with Crippen LogP contribution in [0.5, 0.6) is 0 Å². The van der Waals surface area contributed by atoms with Gasteiger partial charge in [-0.3, -0.25) is 4.79 Å². The average molecular weight is 210 g/mol. The molecule has 2 atom stereocenters. The molecule has 1 nitrogen and oxygen atoms in total. The van der Waals surface area contributed by atoms with Crippen LogP contribution >= 0.6 is 0 Å². The van der Waals surface area contributed by atoms with E-state index in [1.54, 1.807) is 0 Å². The Morgan fingerprint density at radius 1 is 1.27 bits per heavy atom. The molecule has 0 aromatic rings. The van der Waals surface area contributed by atoms with Crippen LogP contribution in [-0.2, 0) is 4.79 Å². The van der Waals surface area contributed by atoms with Gasteiger partial charge in [0.2, 0.25) is 0 Å². The predicted octanol–water partition coefficient (Wildman–Crippen LogP) is 4.21. The Kier molecular flexibility index (Phi) is 4.36. The molecule has 88 valence electrons. The number of carbonyl (C=O) groups excluding carboxylic acids is 1. The average Bonchev–Trinajstić information content (AvgIpc) is 2.21. The molecule has 1 aliphatic rings. The molecule has 1 saturated carbocycles. The van der Waals surface area contributed by atoms with Gasteiger partial charge in [0.15, 0.2) is 0 Å². The highest BCUT2D eigenvalue weighted by atomic mass is 16.1. The first kappa shape index (κ1) is 12.7. The third-order valence-corrected chi connectivity index (χ3v) is 4.38. The molecule has 0 amide bonds. The summed E-state index contributed by atoms with van der Waals surface area (Å²) >= 11 is 0. The lowest BCUT2D eigenvalue weighted by Gasteiger charge is -2.31. The minimum Gasteiger partial charge on any atom is -0.299 e. The van der Waals surface area contributed by atoms with E-state index in [9.17, 15) is 4.79 Å². The van der Waals surface area contributed by atoms with Gasteiger partial charge in [0.05, 0.1) is 0 Å². The van der Waals surface area contributed by atoms with Gasteiger partial charge in [0.1, 0.15) is 5.78 Å². The Morgan fingerprint density at radius 2 is 1.87 bits per heavy atom. The fourth-order valence-electron chi connectivity index (χ4n) is 2.41. The molecule has 2 unspecified atom stereocenters. The van der Waals surface area contributed by atoms with Crippen LogP contribution in [0.3, 0.4) is 0 Å². The van der Waals surface area contributed by atoms with E-state index in [0.29, 0.717) is 11.7 Å². The third-order valence-electron chi connectivity index (χ3n) is 4.38. The summed E-state index contributed by atoms with van der Waals surface area (Å²) in [4.78, 5) is 12.1. The maximum Gasteiger partial charge on any atom is 0.138 e. The van der Waals surface area contributed by atoms with E-state index in [1.165, 1.54) is 25.7 Å². The topological polar surface area (TPSA) is 17.1 Å². The summed E-state index contributed by atoms with van der Waals surface area (Å²) in [6, 6.07) is 0. The van der Waals surface area contributed by atoms with Crippen LogP contribution in [-0.4, -0.2) is 5.78 Å². The maximum atomic E-state index is 12.1. The number of ketones is 1. The second-order valence-corrected chi connectivity index (χ2v) is 5.89. The summed E-state index contributed by atoms with van der Waals surface area (Å²) in [7, 11) is 0. The summed E-state index contributed by atoms with van der Waals surface area (Å²) in [5.41, 5.74) is -0.100. The van der Waals surface area contributed by atoms with Crippen molar-refractivity contribution in [3.05, 3.63) is 0 Å². The fraction of sp³-hybridized carbons (Fsp3) is 0.929. The molecule has 0 radical (unpaired) electrons. The first-order valence-corrected chi connectivity index (χ1v) is 6.50. The summed E-state index contributed by atoms with van der Waals surface area (Å²) < 4.78 is 0. The molecule has 0 aromatic heterocycles. The van der Waals surface area contributed by atoms with E-state index < -0.39 is 0 Å². The molecule has 1 fully saturated rings. The van der Waals surface area contributed by atoms with Gasteiger partial charge >= 0.3 is 0 Å². The maximum absolute atomic E-state index is 12.1. The van der Waals surface area contributed by atoms with Crippen LogP contribution in [0.2, 0.25) is 0 Å². The van der Waals surface area contributed by atoms with Crippen LogP contribution in [0.25, 0.3) is 0 Å². The van der Waals surface area contributed by atoms with Crippen LogP contribution in [0.1, 0.15) is 66.2 Å². The normalized spacial score (nSPS) is 27.7. The largest absolute Gasteiger partial charge is 0.299 e. The number of carbonyl (C=O) groups is 1. The second-order valence-electron chi connectivity index (χ2n) is 5.89. The van der Waals surface area contributed by atoms with Crippen molar-refractivity contribution >= 4 is 5.78 Å². The van der Waals surface area contributed by atoms with E-state index in [4.69, 9.17) is 0 Å². The second kappa shape index (κ2) is 5.14. The van der Waals surface area contributed by atoms with E-state index in [-0.39, 0.29) is 5.41 Å². The zero-order valence-corrected chi connectivity index (χ0v) is 10.8. The van der Waals surface area contributed by atoms with Crippen molar-refractivity contribution in [1.82, 2.24) is 0 Å². The van der Waals surface area contributed by atoms with Crippen molar-refractivity contribution in [3.8, 4) is 0 Å². The smallest absolute Gasteiger partial charge is 0.138 e. The number of rotatable bonds is 4. The molecule has 0 bridgehead atoms. The lowest BCUT2D eigenvalue weighted by Crippen LogP contribution is -2.28. The number of hydrogen-bond donors (Lipinski definition) is 0. The first-order valence-electron chi connectivity index (χ1n) is 6.50. The fourth-order valence-corrected chi connectivity index (χ4v) is 2.41. The van der Waals surface area contributed by atoms with E-state index in [0.717, 1.165) is 18.8 Å². The Balaban J connectivity index is 2.50. The monoisotopic (exact) mass is 210 g/mol. The van der Waals surface area contributed by atoms with Crippen LogP contribution in [0, 0.1) is 17.3 Å². The SMILES string of the molecule is CCC(C)(C)C(=O)CC1CCCCC1C. The highest BCUT2D eigenvalue weighted by molar-refractivity contribution is 5.84. The number of hydrogen-bond acceptors (Lipinski definition) is 1. The van der Waals surface area contributed by atoms with Crippen molar-refractivity contribution in [1.29, 1.82) is 0 Å². The van der Waals surface area contributed by atoms with Gasteiger partial charge in [-0.05, 0) is 24.7 Å². The molecular formula is C14H26O. The highest BCUT2D eigenvalue weighted by Gasteiger charge is 2.30. The molecule has 0 saturated heterocycles. The third kappa shape index (κ3) is 3.32. The van der Waals surface area contributed by atoms with Crippen LogP contribution < -0.4 is 0 Å². The van der Waals surface area contributed by atoms with Gasteiger partial charge in [-0.25, -0.2) is 0 Å². The molecule has 0 N–H and O–H groups in total. The van der Waals surface area contributed by atoms with Gasteiger partial charge in [-0.2, -0.15) is 0 Å². The van der Waals surface area contributed by atoms with Crippen molar-refractivity contribution in [2.45, 2.75) is 66.2 Å². The lowest BCUT2D eigenvalue weighted by molar-refractivity contribution is -0.128. The van der Waals surface area contributed by atoms with Crippen molar-refractivity contribution in [3.63, 3.8) is 0 Å². The molecule has 0 aromatic carbocycles. The summed E-state index contributed by atoms with van der Waals surface area (Å²) in [6.45, 7) is 8.60. The van der Waals surface area contributed by atoms with Gasteiger partial charge < -0.3 is 0 Å². The van der Waals surface area contributed by atoms with E-state index in [1.807, 2.05) is 0 Å². The summed E-state index contributed by atoms with van der Waals surface area (Å²) in [6.07, 6.45) is 7.07. The van der Waals surface area contributed by atoms with Gasteiger partial charge in [-0.15, -0.1) is 0 Å². The first-order chi connectivity index (χ1) is 6.97. The molecule has 0 aliphatic heterocycles. The Morgan fingerprint density at radius 3 is 2.40 bits per heavy atom. The Hall–Kier alpha value is -0.330. The molecular weight excluding hydrogens is 184 g/mol. The molecule has 1 rings (SSSR count). The Bertz CT molecular complexity index is 217. The van der Waals surface area contributed by atoms with Crippen LogP contribution in [0.15, 0.2) is 0 Å². The minimum atomic E-state index is -0.100.